The minimum Gasteiger partial charge on any atom is -0.367 e. The van der Waals surface area contributed by atoms with Gasteiger partial charge in [0.05, 0.1) is 17.3 Å². The van der Waals surface area contributed by atoms with E-state index in [0.717, 1.165) is 60.5 Å². The third-order valence-corrected chi connectivity index (χ3v) is 6.99. The summed E-state index contributed by atoms with van der Waals surface area (Å²) in [6.07, 6.45) is 6.25. The minimum absolute atomic E-state index is 0.0701. The number of aromatic nitrogens is 4. The molecule has 0 bridgehead atoms. The third-order valence-electron chi connectivity index (χ3n) is 6.99. The molecule has 2 heterocycles. The molecule has 1 fully saturated rings. The van der Waals surface area contributed by atoms with Crippen molar-refractivity contribution in [1.82, 2.24) is 25.1 Å². The molecule has 1 amide bonds. The Hall–Kier alpha value is -3.81. The summed E-state index contributed by atoms with van der Waals surface area (Å²) in [5.41, 5.74) is 2.11. The molecule has 2 aromatic heterocycles. The van der Waals surface area contributed by atoms with Crippen LogP contribution in [-0.2, 0) is 0 Å². The molecule has 0 spiro atoms. The number of benzene rings is 2. The predicted octanol–water partition coefficient (Wildman–Crippen LogP) is 5.62. The highest BCUT2D eigenvalue weighted by atomic mass is 19.1. The van der Waals surface area contributed by atoms with Crippen LogP contribution in [0, 0.1) is 5.82 Å². The smallest absolute Gasteiger partial charge is 0.251 e. The van der Waals surface area contributed by atoms with Crippen LogP contribution in [0.25, 0.3) is 16.7 Å². The average Bonchev–Trinajstić information content (AvgIpc) is 3.34. The molecule has 2 aromatic carbocycles. The van der Waals surface area contributed by atoms with E-state index < -0.39 is 5.82 Å². The summed E-state index contributed by atoms with van der Waals surface area (Å²) in [6.45, 7) is 4.28. The van der Waals surface area contributed by atoms with Gasteiger partial charge in [-0.25, -0.2) is 19.0 Å². The zero-order valence-corrected chi connectivity index (χ0v) is 20.6. The number of amides is 1. The normalized spacial score (nSPS) is 18.6. The number of fused-ring (bicyclic) bond motifs is 1. The number of rotatable bonds is 7. The number of nitrogens with zero attached hydrogens (tertiary/aromatic N) is 4. The van der Waals surface area contributed by atoms with Gasteiger partial charge in [-0.2, -0.15) is 5.10 Å². The van der Waals surface area contributed by atoms with Gasteiger partial charge in [-0.05, 0) is 62.4 Å². The van der Waals surface area contributed by atoms with Gasteiger partial charge in [0.2, 0.25) is 0 Å². The number of anilines is 1. The van der Waals surface area contributed by atoms with Gasteiger partial charge in [0.1, 0.15) is 17.5 Å². The van der Waals surface area contributed by atoms with Crippen molar-refractivity contribution in [3.8, 4) is 5.69 Å². The second kappa shape index (κ2) is 10.4. The Morgan fingerprint density at radius 3 is 2.53 bits per heavy atom. The van der Waals surface area contributed by atoms with Crippen molar-refractivity contribution in [2.45, 2.75) is 64.0 Å². The van der Waals surface area contributed by atoms with Gasteiger partial charge in [0, 0.05) is 23.6 Å². The summed E-state index contributed by atoms with van der Waals surface area (Å²) in [5, 5.41) is 12.2. The summed E-state index contributed by atoms with van der Waals surface area (Å²) in [5.74, 6) is 1.21. The number of hydrogen-bond acceptors (Lipinski definition) is 5. The first-order valence-electron chi connectivity index (χ1n) is 12.7. The molecule has 7 nitrogen and oxygen atoms in total. The first-order chi connectivity index (χ1) is 17.5. The van der Waals surface area contributed by atoms with Crippen LogP contribution in [0.1, 0.15) is 68.1 Å². The van der Waals surface area contributed by atoms with Gasteiger partial charge >= 0.3 is 0 Å². The first kappa shape index (κ1) is 23.9. The topological polar surface area (TPSA) is 84.7 Å². The standard InChI is InChI=1S/C28H31FN6O/c1-3-18(2)25-33-26(24-17-30-35(27(24)34-25)23-10-5-4-6-11-23)31-21-12-14-22(15-13-21)32-28(36)19-8-7-9-20(29)16-19/h4-11,16-18,21-22H,3,12-15H2,1-2H3,(H,32,36)(H,31,33,34). The maximum absolute atomic E-state index is 13.5. The van der Waals surface area contributed by atoms with E-state index in [2.05, 4.69) is 29.6 Å². The Morgan fingerprint density at radius 2 is 1.81 bits per heavy atom. The molecule has 5 rings (SSSR count). The maximum atomic E-state index is 13.5. The van der Waals surface area contributed by atoms with E-state index in [9.17, 15) is 9.18 Å². The lowest BCUT2D eigenvalue weighted by Crippen LogP contribution is -2.40. The lowest BCUT2D eigenvalue weighted by atomic mass is 9.91. The number of nitrogens with one attached hydrogen (secondary N) is 2. The van der Waals surface area contributed by atoms with E-state index in [0.29, 0.717) is 5.56 Å². The second-order valence-electron chi connectivity index (χ2n) is 9.55. The first-order valence-corrected chi connectivity index (χ1v) is 12.7. The third kappa shape index (κ3) is 5.08. The van der Waals surface area contributed by atoms with E-state index in [1.165, 1.54) is 12.1 Å². The minimum atomic E-state index is -0.404. The summed E-state index contributed by atoms with van der Waals surface area (Å²) < 4.78 is 15.3. The second-order valence-corrected chi connectivity index (χ2v) is 9.55. The molecule has 0 radical (unpaired) electrons. The highest BCUT2D eigenvalue weighted by molar-refractivity contribution is 5.94. The highest BCUT2D eigenvalue weighted by Gasteiger charge is 2.25. The molecular weight excluding hydrogens is 455 g/mol. The predicted molar refractivity (Wildman–Crippen MR) is 139 cm³/mol. The van der Waals surface area contributed by atoms with Crippen LogP contribution in [0.15, 0.2) is 60.8 Å². The van der Waals surface area contributed by atoms with E-state index in [1.54, 1.807) is 12.1 Å². The largest absolute Gasteiger partial charge is 0.367 e. The van der Waals surface area contributed by atoms with Crippen LogP contribution in [0.2, 0.25) is 0 Å². The van der Waals surface area contributed by atoms with Crippen LogP contribution in [-0.4, -0.2) is 37.7 Å². The fourth-order valence-corrected chi connectivity index (χ4v) is 4.67. The van der Waals surface area contributed by atoms with Crippen molar-refractivity contribution in [3.63, 3.8) is 0 Å². The molecule has 2 N–H and O–H groups in total. The molecule has 36 heavy (non-hydrogen) atoms. The van der Waals surface area contributed by atoms with Gasteiger partial charge in [-0.15, -0.1) is 0 Å². The van der Waals surface area contributed by atoms with Crippen molar-refractivity contribution < 1.29 is 9.18 Å². The molecule has 4 aromatic rings. The van der Waals surface area contributed by atoms with Crippen molar-refractivity contribution in [3.05, 3.63) is 78.0 Å². The van der Waals surface area contributed by atoms with Crippen LogP contribution in [0.5, 0.6) is 0 Å². The summed E-state index contributed by atoms with van der Waals surface area (Å²) in [6, 6.07) is 16.1. The maximum Gasteiger partial charge on any atom is 0.251 e. The van der Waals surface area contributed by atoms with Gasteiger partial charge in [0.25, 0.3) is 5.91 Å². The van der Waals surface area contributed by atoms with E-state index in [4.69, 9.17) is 9.97 Å². The lowest BCUT2D eigenvalue weighted by Gasteiger charge is -2.30. The number of carbonyl (C=O) groups excluding carboxylic acids is 1. The van der Waals surface area contributed by atoms with Gasteiger partial charge in [-0.1, -0.05) is 38.1 Å². The average molecular weight is 487 g/mol. The Labute approximate surface area is 210 Å². The zero-order valence-electron chi connectivity index (χ0n) is 20.6. The molecule has 1 saturated carbocycles. The highest BCUT2D eigenvalue weighted by Crippen LogP contribution is 2.29. The van der Waals surface area contributed by atoms with Gasteiger partial charge < -0.3 is 10.6 Å². The molecule has 8 heteroatoms. The molecule has 0 saturated heterocycles. The van der Waals surface area contributed by atoms with Crippen molar-refractivity contribution in [2.75, 3.05) is 5.32 Å². The zero-order chi connectivity index (χ0) is 25.1. The summed E-state index contributed by atoms with van der Waals surface area (Å²) in [4.78, 5) is 22.3. The monoisotopic (exact) mass is 486 g/mol. The van der Waals surface area contributed by atoms with Gasteiger partial charge in [0.15, 0.2) is 5.65 Å². The number of hydrogen-bond donors (Lipinski definition) is 2. The number of halogens is 1. The van der Waals surface area contributed by atoms with Gasteiger partial charge in [-0.3, -0.25) is 4.79 Å². The van der Waals surface area contributed by atoms with Crippen molar-refractivity contribution in [2.24, 2.45) is 0 Å². The van der Waals surface area contributed by atoms with Crippen LogP contribution < -0.4 is 10.6 Å². The molecule has 0 aliphatic heterocycles. The Morgan fingerprint density at radius 1 is 1.06 bits per heavy atom. The van der Waals surface area contributed by atoms with Crippen molar-refractivity contribution in [1.29, 1.82) is 0 Å². The summed E-state index contributed by atoms with van der Waals surface area (Å²) in [7, 11) is 0. The van der Waals surface area contributed by atoms with Crippen LogP contribution in [0.3, 0.4) is 0 Å². The fourth-order valence-electron chi connectivity index (χ4n) is 4.67. The Balaban J connectivity index is 1.32. The van der Waals surface area contributed by atoms with E-state index >= 15 is 0 Å². The molecule has 1 aliphatic carbocycles. The molecule has 186 valence electrons. The van der Waals surface area contributed by atoms with Crippen LogP contribution in [0.4, 0.5) is 10.2 Å². The SMILES string of the molecule is CCC(C)c1nc(NC2CCC(NC(=O)c3cccc(F)c3)CC2)c2cnn(-c3ccccc3)c2n1. The lowest BCUT2D eigenvalue weighted by molar-refractivity contribution is 0.0926. The number of para-hydroxylation sites is 1. The molecular formula is C28H31FN6O. The Bertz CT molecular complexity index is 1350. The number of carbonyl (C=O) groups is 1. The Kier molecular flexibility index (Phi) is 6.93. The summed E-state index contributed by atoms with van der Waals surface area (Å²) >= 11 is 0. The molecule has 1 unspecified atom stereocenters. The van der Waals surface area contributed by atoms with Crippen molar-refractivity contribution >= 4 is 22.8 Å². The van der Waals surface area contributed by atoms with E-state index in [1.807, 2.05) is 41.2 Å². The van der Waals surface area contributed by atoms with E-state index in [-0.39, 0.29) is 23.9 Å². The molecule has 1 aliphatic rings. The fraction of sp³-hybridized carbons (Fsp3) is 0.357. The molecule has 1 atom stereocenters. The quantitative estimate of drug-likeness (QED) is 0.354. The van der Waals surface area contributed by atoms with Crippen LogP contribution >= 0.6 is 0 Å².